The first-order valence-electron chi connectivity index (χ1n) is 11.5. The molecule has 2 N–H and O–H groups in total. The van der Waals surface area contributed by atoms with Crippen molar-refractivity contribution in [3.63, 3.8) is 0 Å². The van der Waals surface area contributed by atoms with Crippen LogP contribution in [-0.2, 0) is 6.42 Å². The fraction of sp³-hybridized carbons (Fsp3) is 0.520. The van der Waals surface area contributed by atoms with Crippen LogP contribution in [0.3, 0.4) is 0 Å². The van der Waals surface area contributed by atoms with Gasteiger partial charge >= 0.3 is 0 Å². The maximum absolute atomic E-state index is 13.4. The SMILES string of the molecule is Cc1c(N2CCC3(CC2)Cc2ccccc2[C@@H]3N)nc(C)n([C@@H]2CCCC(Cl)=C2Cl)c1=O. The maximum atomic E-state index is 13.4. The lowest BCUT2D eigenvalue weighted by atomic mass is 9.73. The lowest BCUT2D eigenvalue weighted by Crippen LogP contribution is -2.45. The number of anilines is 1. The third-order valence-electron chi connectivity index (χ3n) is 7.88. The molecular formula is C25H30Cl2N4O. The Hall–Kier alpha value is -1.82. The van der Waals surface area contributed by atoms with Crippen molar-refractivity contribution in [3.8, 4) is 0 Å². The van der Waals surface area contributed by atoms with Gasteiger partial charge in [0, 0.05) is 24.2 Å². The van der Waals surface area contributed by atoms with Gasteiger partial charge in [0.25, 0.3) is 5.56 Å². The van der Waals surface area contributed by atoms with Gasteiger partial charge in [0.1, 0.15) is 11.6 Å². The molecule has 3 aliphatic rings. The first-order valence-corrected chi connectivity index (χ1v) is 12.3. The number of hydrogen-bond donors (Lipinski definition) is 1. The van der Waals surface area contributed by atoms with Crippen molar-refractivity contribution in [2.24, 2.45) is 11.1 Å². The number of aromatic nitrogens is 2. The molecular weight excluding hydrogens is 443 g/mol. The molecule has 170 valence electrons. The van der Waals surface area contributed by atoms with E-state index in [0.29, 0.717) is 21.5 Å². The van der Waals surface area contributed by atoms with Crippen LogP contribution in [-0.4, -0.2) is 22.6 Å². The number of rotatable bonds is 2. The number of allylic oxidation sites excluding steroid dienone is 2. The molecule has 1 saturated heterocycles. The van der Waals surface area contributed by atoms with Crippen LogP contribution in [0.4, 0.5) is 5.82 Å². The van der Waals surface area contributed by atoms with Gasteiger partial charge in [0.15, 0.2) is 0 Å². The summed E-state index contributed by atoms with van der Waals surface area (Å²) in [5, 5.41) is 1.23. The number of aryl methyl sites for hydroxylation is 1. The van der Waals surface area contributed by atoms with Crippen LogP contribution in [0.2, 0.25) is 0 Å². The predicted octanol–water partition coefficient (Wildman–Crippen LogP) is 5.12. The largest absolute Gasteiger partial charge is 0.356 e. The van der Waals surface area contributed by atoms with Crippen LogP contribution in [0, 0.1) is 19.3 Å². The van der Waals surface area contributed by atoms with E-state index in [9.17, 15) is 4.79 Å². The zero-order valence-electron chi connectivity index (χ0n) is 18.7. The second-order valence-corrected chi connectivity index (χ2v) is 10.5. The van der Waals surface area contributed by atoms with Crippen LogP contribution in [0.15, 0.2) is 39.1 Å². The van der Waals surface area contributed by atoms with Crippen molar-refractivity contribution in [3.05, 3.63) is 67.2 Å². The minimum atomic E-state index is -0.217. The highest BCUT2D eigenvalue weighted by molar-refractivity contribution is 6.39. The van der Waals surface area contributed by atoms with Crippen molar-refractivity contribution < 1.29 is 0 Å². The number of halogens is 2. The molecule has 2 aromatic rings. The fourth-order valence-corrected chi connectivity index (χ4v) is 6.54. The molecule has 0 amide bonds. The molecule has 7 heteroatoms. The van der Waals surface area contributed by atoms with E-state index in [4.69, 9.17) is 33.9 Å². The average molecular weight is 473 g/mol. The number of piperidine rings is 1. The summed E-state index contributed by atoms with van der Waals surface area (Å²) in [5.74, 6) is 1.49. The number of nitrogens with zero attached hydrogens (tertiary/aromatic N) is 3. The smallest absolute Gasteiger partial charge is 0.259 e. The molecule has 5 nitrogen and oxygen atoms in total. The summed E-state index contributed by atoms with van der Waals surface area (Å²) in [4.78, 5) is 20.6. The van der Waals surface area contributed by atoms with E-state index in [0.717, 1.165) is 57.4 Å². The van der Waals surface area contributed by atoms with Gasteiger partial charge in [-0.2, -0.15) is 0 Å². The second kappa shape index (κ2) is 8.19. The molecule has 1 aliphatic heterocycles. The molecule has 32 heavy (non-hydrogen) atoms. The van der Waals surface area contributed by atoms with E-state index in [2.05, 4.69) is 29.2 Å². The molecule has 2 aliphatic carbocycles. The normalized spacial score (nSPS) is 24.8. The van der Waals surface area contributed by atoms with Gasteiger partial charge < -0.3 is 10.6 Å². The lowest BCUT2D eigenvalue weighted by molar-refractivity contribution is 0.187. The van der Waals surface area contributed by atoms with Gasteiger partial charge in [-0.15, -0.1) is 0 Å². The predicted molar refractivity (Wildman–Crippen MR) is 131 cm³/mol. The van der Waals surface area contributed by atoms with Gasteiger partial charge in [-0.1, -0.05) is 47.5 Å². The Kier molecular flexibility index (Phi) is 5.63. The minimum absolute atomic E-state index is 0.0210. The summed E-state index contributed by atoms with van der Waals surface area (Å²) in [5.41, 5.74) is 10.2. The van der Waals surface area contributed by atoms with Gasteiger partial charge in [-0.25, -0.2) is 4.98 Å². The second-order valence-electron chi connectivity index (χ2n) is 9.65. The molecule has 1 aromatic carbocycles. The van der Waals surface area contributed by atoms with E-state index in [-0.39, 0.29) is 23.1 Å². The number of nitrogens with two attached hydrogens (primary N) is 1. The van der Waals surface area contributed by atoms with Gasteiger partial charge in [0.2, 0.25) is 0 Å². The van der Waals surface area contributed by atoms with Crippen LogP contribution < -0.4 is 16.2 Å². The van der Waals surface area contributed by atoms with Crippen molar-refractivity contribution >= 4 is 29.0 Å². The topological polar surface area (TPSA) is 64.2 Å². The Morgan fingerprint density at radius 1 is 1.16 bits per heavy atom. The van der Waals surface area contributed by atoms with Gasteiger partial charge in [-0.05, 0) is 68.9 Å². The van der Waals surface area contributed by atoms with E-state index in [1.807, 2.05) is 13.8 Å². The van der Waals surface area contributed by atoms with E-state index in [1.54, 1.807) is 4.57 Å². The zero-order chi connectivity index (χ0) is 22.6. The molecule has 0 unspecified atom stereocenters. The average Bonchev–Trinajstić information content (AvgIpc) is 3.06. The van der Waals surface area contributed by atoms with Crippen LogP contribution in [0.25, 0.3) is 0 Å². The first kappa shape index (κ1) is 22.0. The lowest BCUT2D eigenvalue weighted by Gasteiger charge is -2.43. The molecule has 1 aromatic heterocycles. The molecule has 0 saturated carbocycles. The third-order valence-corrected chi connectivity index (χ3v) is 8.85. The van der Waals surface area contributed by atoms with E-state index in [1.165, 1.54) is 11.1 Å². The highest BCUT2D eigenvalue weighted by atomic mass is 35.5. The van der Waals surface area contributed by atoms with Crippen LogP contribution in [0.5, 0.6) is 0 Å². The van der Waals surface area contributed by atoms with Crippen molar-refractivity contribution in [2.75, 3.05) is 18.0 Å². The molecule has 2 heterocycles. The highest BCUT2D eigenvalue weighted by Crippen LogP contribution is 2.51. The van der Waals surface area contributed by atoms with Crippen molar-refractivity contribution in [2.45, 2.75) is 64.5 Å². The molecule has 0 bridgehead atoms. The fourth-order valence-electron chi connectivity index (χ4n) is 5.98. The Bertz CT molecular complexity index is 1150. The summed E-state index contributed by atoms with van der Waals surface area (Å²) in [7, 11) is 0. The highest BCUT2D eigenvalue weighted by Gasteiger charge is 2.46. The number of benzene rings is 1. The first-order chi connectivity index (χ1) is 15.3. The summed E-state index contributed by atoms with van der Waals surface area (Å²) in [6, 6.07) is 8.43. The van der Waals surface area contributed by atoms with E-state index < -0.39 is 0 Å². The van der Waals surface area contributed by atoms with Crippen LogP contribution in [0.1, 0.15) is 66.7 Å². The van der Waals surface area contributed by atoms with Crippen molar-refractivity contribution in [1.82, 2.24) is 9.55 Å². The standard InChI is InChI=1S/C25H30Cl2N4O/c1-15-23(29-16(2)31(24(15)32)20-9-5-8-19(26)21(20)27)30-12-10-25(11-13-30)14-17-6-3-4-7-18(17)22(25)28/h3-4,6-7,20,22H,5,8-14,28H2,1-2H3/t20-,22+/m1/s1. The zero-order valence-corrected chi connectivity index (χ0v) is 20.2. The number of fused-ring (bicyclic) bond motifs is 1. The molecule has 1 fully saturated rings. The van der Waals surface area contributed by atoms with E-state index >= 15 is 0 Å². The molecule has 2 atom stereocenters. The van der Waals surface area contributed by atoms with Gasteiger partial charge in [-0.3, -0.25) is 9.36 Å². The quantitative estimate of drug-likeness (QED) is 0.658. The number of hydrogen-bond acceptors (Lipinski definition) is 4. The van der Waals surface area contributed by atoms with Crippen molar-refractivity contribution in [1.29, 1.82) is 0 Å². The Morgan fingerprint density at radius 3 is 2.59 bits per heavy atom. The third kappa shape index (κ3) is 3.41. The molecule has 0 radical (unpaired) electrons. The Balaban J connectivity index is 1.41. The summed E-state index contributed by atoms with van der Waals surface area (Å²) in [6.07, 6.45) is 5.54. The van der Waals surface area contributed by atoms with Gasteiger partial charge in [0.05, 0.1) is 16.6 Å². The Labute approximate surface area is 199 Å². The monoisotopic (exact) mass is 472 g/mol. The summed E-state index contributed by atoms with van der Waals surface area (Å²) >= 11 is 12.8. The summed E-state index contributed by atoms with van der Waals surface area (Å²) in [6.45, 7) is 5.48. The molecule has 5 rings (SSSR count). The molecule has 1 spiro atoms. The summed E-state index contributed by atoms with van der Waals surface area (Å²) < 4.78 is 1.73. The maximum Gasteiger partial charge on any atom is 0.259 e. The van der Waals surface area contributed by atoms with Crippen LogP contribution >= 0.6 is 23.2 Å². The minimum Gasteiger partial charge on any atom is -0.356 e. The Morgan fingerprint density at radius 2 is 1.88 bits per heavy atom.